The third-order valence-electron chi connectivity index (χ3n) is 5.57. The van der Waals surface area contributed by atoms with E-state index in [1.807, 2.05) is 24.3 Å². The predicted molar refractivity (Wildman–Crippen MR) is 130 cm³/mol. The maximum absolute atomic E-state index is 13.3. The topological polar surface area (TPSA) is 67.9 Å². The predicted octanol–water partition coefficient (Wildman–Crippen LogP) is 5.03. The van der Waals surface area contributed by atoms with Crippen LogP contribution in [0.4, 0.5) is 0 Å². The van der Waals surface area contributed by atoms with Crippen molar-refractivity contribution in [2.24, 2.45) is 0 Å². The molecule has 0 spiro atoms. The van der Waals surface area contributed by atoms with Gasteiger partial charge in [0.15, 0.2) is 11.5 Å². The summed E-state index contributed by atoms with van der Waals surface area (Å²) < 4.78 is 11.2. The number of carbonyl (C=O) groups excluding carboxylic acids is 2. The Morgan fingerprint density at radius 1 is 1.03 bits per heavy atom. The number of hydrogen-bond acceptors (Lipinski definition) is 4. The lowest BCUT2D eigenvalue weighted by Gasteiger charge is -2.29. The second kappa shape index (κ2) is 12.1. The molecule has 1 heterocycles. The van der Waals surface area contributed by atoms with E-state index < -0.39 is 6.04 Å². The van der Waals surface area contributed by atoms with E-state index in [1.165, 1.54) is 0 Å². The van der Waals surface area contributed by atoms with Crippen molar-refractivity contribution < 1.29 is 19.1 Å². The molecule has 6 nitrogen and oxygen atoms in total. The number of carbonyl (C=O) groups is 2. The molecule has 8 heteroatoms. The van der Waals surface area contributed by atoms with Gasteiger partial charge < -0.3 is 19.7 Å². The highest BCUT2D eigenvalue weighted by atomic mass is 35.5. The third kappa shape index (κ3) is 7.02. The molecule has 0 bridgehead atoms. The minimum atomic E-state index is -0.621. The van der Waals surface area contributed by atoms with Gasteiger partial charge in [-0.2, -0.15) is 0 Å². The molecule has 1 atom stereocenters. The summed E-state index contributed by atoms with van der Waals surface area (Å²) in [5, 5.41) is 3.78. The van der Waals surface area contributed by atoms with E-state index in [9.17, 15) is 9.59 Å². The Hall–Kier alpha value is -2.44. The molecule has 0 fully saturated rings. The van der Waals surface area contributed by atoms with Gasteiger partial charge in [0, 0.05) is 19.5 Å². The number of aryl methyl sites for hydroxylation is 1. The highest BCUT2D eigenvalue weighted by molar-refractivity contribution is 6.42. The molecule has 3 rings (SSSR count). The van der Waals surface area contributed by atoms with Crippen molar-refractivity contribution in [2.45, 2.75) is 52.1 Å². The molecule has 178 valence electrons. The van der Waals surface area contributed by atoms with Gasteiger partial charge in [0.25, 0.3) is 0 Å². The molecule has 0 saturated heterocycles. The number of ether oxygens (including phenoxy) is 2. The first kappa shape index (κ1) is 25.2. The van der Waals surface area contributed by atoms with Crippen LogP contribution in [-0.2, 0) is 22.6 Å². The molecule has 0 radical (unpaired) electrons. The fourth-order valence-corrected chi connectivity index (χ4v) is 3.91. The van der Waals surface area contributed by atoms with Gasteiger partial charge >= 0.3 is 0 Å². The quantitative estimate of drug-likeness (QED) is 0.472. The number of unbranched alkanes of at least 4 members (excludes halogenated alkanes) is 1. The van der Waals surface area contributed by atoms with E-state index in [2.05, 4.69) is 12.2 Å². The lowest BCUT2D eigenvalue weighted by Crippen LogP contribution is -2.47. The average Bonchev–Trinajstić information content (AvgIpc) is 2.82. The smallest absolute Gasteiger partial charge is 0.242 e. The Bertz CT molecular complexity index is 983. The summed E-state index contributed by atoms with van der Waals surface area (Å²) in [5.74, 6) is 1.13. The third-order valence-corrected chi connectivity index (χ3v) is 6.31. The summed E-state index contributed by atoms with van der Waals surface area (Å²) in [6, 6.07) is 10.3. The van der Waals surface area contributed by atoms with Crippen molar-refractivity contribution in [3.63, 3.8) is 0 Å². The van der Waals surface area contributed by atoms with Crippen LogP contribution in [0.5, 0.6) is 11.5 Å². The van der Waals surface area contributed by atoms with Crippen LogP contribution in [0.15, 0.2) is 36.4 Å². The fourth-order valence-electron chi connectivity index (χ4n) is 3.59. The Kier molecular flexibility index (Phi) is 9.27. The maximum Gasteiger partial charge on any atom is 0.242 e. The number of benzene rings is 2. The SMILES string of the molecule is CCCCNC(=O)[C@@H](C)N(Cc1ccc(Cl)c(Cl)c1)C(=O)CCc1ccc2c(c1)OCCO2. The number of hydrogen-bond donors (Lipinski definition) is 1. The molecular formula is C25H30Cl2N2O4. The first-order valence-corrected chi connectivity index (χ1v) is 12.0. The number of nitrogens with zero attached hydrogens (tertiary/aromatic N) is 1. The zero-order valence-corrected chi connectivity index (χ0v) is 20.5. The number of fused-ring (bicyclic) bond motifs is 1. The van der Waals surface area contributed by atoms with Gasteiger partial charge in [-0.25, -0.2) is 0 Å². The van der Waals surface area contributed by atoms with Gasteiger partial charge in [-0.15, -0.1) is 0 Å². The molecule has 1 aliphatic heterocycles. The van der Waals surface area contributed by atoms with Gasteiger partial charge in [0.2, 0.25) is 11.8 Å². The van der Waals surface area contributed by atoms with E-state index in [0.29, 0.717) is 42.0 Å². The molecule has 0 aliphatic carbocycles. The van der Waals surface area contributed by atoms with Crippen LogP contribution < -0.4 is 14.8 Å². The molecule has 2 aromatic rings. The van der Waals surface area contributed by atoms with Crippen LogP contribution in [0.25, 0.3) is 0 Å². The Morgan fingerprint density at radius 2 is 1.76 bits per heavy atom. The maximum atomic E-state index is 13.3. The second-order valence-electron chi connectivity index (χ2n) is 8.07. The molecule has 0 aromatic heterocycles. The number of rotatable bonds is 10. The van der Waals surface area contributed by atoms with Crippen molar-refractivity contribution in [3.05, 3.63) is 57.6 Å². The lowest BCUT2D eigenvalue weighted by molar-refractivity contribution is -0.140. The zero-order valence-electron chi connectivity index (χ0n) is 19.0. The van der Waals surface area contributed by atoms with Gasteiger partial charge in [0.1, 0.15) is 19.3 Å². The molecule has 0 saturated carbocycles. The number of nitrogens with one attached hydrogen (secondary N) is 1. The molecular weight excluding hydrogens is 463 g/mol. The van der Waals surface area contributed by atoms with Gasteiger partial charge in [-0.3, -0.25) is 9.59 Å². The Morgan fingerprint density at radius 3 is 2.48 bits per heavy atom. The highest BCUT2D eigenvalue weighted by Crippen LogP contribution is 2.31. The molecule has 1 N–H and O–H groups in total. The molecule has 1 aliphatic rings. The van der Waals surface area contributed by atoms with Gasteiger partial charge in [-0.05, 0) is 55.2 Å². The molecule has 0 unspecified atom stereocenters. The molecule has 2 amide bonds. The first-order valence-electron chi connectivity index (χ1n) is 11.3. The Balaban J connectivity index is 1.71. The van der Waals surface area contributed by atoms with Crippen molar-refractivity contribution in [2.75, 3.05) is 19.8 Å². The Labute approximate surface area is 205 Å². The molecule has 33 heavy (non-hydrogen) atoms. The van der Waals surface area contributed by atoms with E-state index >= 15 is 0 Å². The van der Waals surface area contributed by atoms with E-state index in [1.54, 1.807) is 24.0 Å². The van der Waals surface area contributed by atoms with E-state index in [-0.39, 0.29) is 24.8 Å². The second-order valence-corrected chi connectivity index (χ2v) is 8.88. The minimum Gasteiger partial charge on any atom is -0.486 e. The van der Waals surface area contributed by atoms with E-state index in [4.69, 9.17) is 32.7 Å². The summed E-state index contributed by atoms with van der Waals surface area (Å²) in [7, 11) is 0. The summed E-state index contributed by atoms with van der Waals surface area (Å²) in [4.78, 5) is 27.6. The lowest BCUT2D eigenvalue weighted by atomic mass is 10.1. The summed E-state index contributed by atoms with van der Waals surface area (Å²) in [5.41, 5.74) is 1.78. The van der Waals surface area contributed by atoms with Crippen molar-refractivity contribution in [1.29, 1.82) is 0 Å². The van der Waals surface area contributed by atoms with Crippen molar-refractivity contribution >= 4 is 35.0 Å². The van der Waals surface area contributed by atoms with Crippen LogP contribution in [0, 0.1) is 0 Å². The number of amides is 2. The monoisotopic (exact) mass is 492 g/mol. The normalized spacial score (nSPS) is 13.3. The van der Waals surface area contributed by atoms with Crippen LogP contribution in [-0.4, -0.2) is 42.5 Å². The first-order chi connectivity index (χ1) is 15.9. The van der Waals surface area contributed by atoms with E-state index in [0.717, 1.165) is 29.7 Å². The zero-order chi connectivity index (χ0) is 23.8. The number of halogens is 2. The summed E-state index contributed by atoms with van der Waals surface area (Å²) in [6.07, 6.45) is 2.66. The van der Waals surface area contributed by atoms with Crippen molar-refractivity contribution in [3.8, 4) is 11.5 Å². The fraction of sp³-hybridized carbons (Fsp3) is 0.440. The largest absolute Gasteiger partial charge is 0.486 e. The van der Waals surface area contributed by atoms with Crippen molar-refractivity contribution in [1.82, 2.24) is 10.2 Å². The van der Waals surface area contributed by atoms with Crippen LogP contribution in [0.1, 0.15) is 44.2 Å². The average molecular weight is 493 g/mol. The highest BCUT2D eigenvalue weighted by Gasteiger charge is 2.26. The summed E-state index contributed by atoms with van der Waals surface area (Å²) >= 11 is 12.2. The van der Waals surface area contributed by atoms with Crippen LogP contribution in [0.2, 0.25) is 10.0 Å². The van der Waals surface area contributed by atoms with Crippen LogP contribution in [0.3, 0.4) is 0 Å². The minimum absolute atomic E-state index is 0.117. The van der Waals surface area contributed by atoms with Gasteiger partial charge in [0.05, 0.1) is 10.0 Å². The van der Waals surface area contributed by atoms with Gasteiger partial charge in [-0.1, -0.05) is 48.7 Å². The standard InChI is InChI=1S/C25H30Cl2N2O4/c1-3-4-11-28-25(31)17(2)29(16-19-5-8-20(26)21(27)14-19)24(30)10-7-18-6-9-22-23(15-18)33-13-12-32-22/h5-6,8-9,14-15,17H,3-4,7,10-13,16H2,1-2H3,(H,28,31)/t17-/m1/s1. The molecule has 2 aromatic carbocycles. The van der Waals surface area contributed by atoms with Crippen LogP contribution >= 0.6 is 23.2 Å². The summed E-state index contributed by atoms with van der Waals surface area (Å²) in [6.45, 7) is 5.71.